The molecular formula is C19H10FN3O4. The first-order chi connectivity index (χ1) is 13.1. The minimum atomic E-state index is -1.15. The third-order valence-corrected chi connectivity index (χ3v) is 4.01. The van der Waals surface area contributed by atoms with E-state index in [9.17, 15) is 18.8 Å². The molecule has 0 saturated carbocycles. The van der Waals surface area contributed by atoms with Crippen molar-refractivity contribution in [3.63, 3.8) is 0 Å². The number of imide groups is 1. The van der Waals surface area contributed by atoms with Crippen molar-refractivity contribution in [2.75, 3.05) is 0 Å². The van der Waals surface area contributed by atoms with E-state index in [1.54, 1.807) is 12.1 Å². The molecule has 0 unspecified atom stereocenters. The number of hydroxylamine groups is 2. The Balaban J connectivity index is 1.58. The molecule has 3 aromatic rings. The second-order valence-corrected chi connectivity index (χ2v) is 5.65. The molecule has 2 aromatic carbocycles. The van der Waals surface area contributed by atoms with Gasteiger partial charge in [0, 0.05) is 18.0 Å². The van der Waals surface area contributed by atoms with E-state index in [2.05, 4.69) is 9.97 Å². The Bertz CT molecular complexity index is 1050. The minimum Gasteiger partial charge on any atom is -0.324 e. The minimum absolute atomic E-state index is 0.121. The SMILES string of the molecule is O=C(ON1C(=O)c2ccccc2C1=O)c1ccc(-c2cncnc2)cc1F. The Morgan fingerprint density at radius 1 is 0.926 bits per heavy atom. The van der Waals surface area contributed by atoms with Gasteiger partial charge in [0.15, 0.2) is 0 Å². The normalized spacial score (nSPS) is 12.9. The van der Waals surface area contributed by atoms with Crippen LogP contribution in [-0.4, -0.2) is 32.8 Å². The summed E-state index contributed by atoms with van der Waals surface area (Å²) < 4.78 is 14.4. The summed E-state index contributed by atoms with van der Waals surface area (Å²) in [5.74, 6) is -3.57. The fourth-order valence-electron chi connectivity index (χ4n) is 2.69. The summed E-state index contributed by atoms with van der Waals surface area (Å²) in [5, 5.41) is 0.339. The van der Waals surface area contributed by atoms with E-state index in [-0.39, 0.29) is 11.1 Å². The van der Waals surface area contributed by atoms with Gasteiger partial charge in [0.2, 0.25) is 0 Å². The molecule has 0 radical (unpaired) electrons. The number of nitrogens with zero attached hydrogens (tertiary/aromatic N) is 3. The van der Waals surface area contributed by atoms with Crippen LogP contribution in [0.15, 0.2) is 61.2 Å². The molecule has 1 aromatic heterocycles. The van der Waals surface area contributed by atoms with Gasteiger partial charge in [0.05, 0.1) is 16.7 Å². The summed E-state index contributed by atoms with van der Waals surface area (Å²) in [6, 6.07) is 9.88. The van der Waals surface area contributed by atoms with Gasteiger partial charge in [-0.2, -0.15) is 0 Å². The zero-order valence-electron chi connectivity index (χ0n) is 13.6. The van der Waals surface area contributed by atoms with E-state index in [4.69, 9.17) is 4.84 Å². The Morgan fingerprint density at radius 3 is 2.15 bits per heavy atom. The number of carbonyl (C=O) groups excluding carboxylic acids is 3. The molecule has 1 aliphatic rings. The molecule has 0 bridgehead atoms. The molecule has 0 saturated heterocycles. The molecule has 0 fully saturated rings. The summed E-state index contributed by atoms with van der Waals surface area (Å²) in [7, 11) is 0. The molecule has 2 heterocycles. The van der Waals surface area contributed by atoms with Crippen LogP contribution in [0.2, 0.25) is 0 Å². The number of hydrogen-bond acceptors (Lipinski definition) is 6. The van der Waals surface area contributed by atoms with Crippen LogP contribution in [0.3, 0.4) is 0 Å². The highest BCUT2D eigenvalue weighted by Gasteiger charge is 2.39. The van der Waals surface area contributed by atoms with E-state index in [1.807, 2.05) is 0 Å². The Morgan fingerprint density at radius 2 is 1.56 bits per heavy atom. The second-order valence-electron chi connectivity index (χ2n) is 5.65. The summed E-state index contributed by atoms with van der Waals surface area (Å²) in [6.07, 6.45) is 4.34. The molecule has 132 valence electrons. The maximum absolute atomic E-state index is 14.4. The van der Waals surface area contributed by atoms with E-state index in [0.29, 0.717) is 16.2 Å². The molecule has 27 heavy (non-hydrogen) atoms. The third kappa shape index (κ3) is 2.82. The van der Waals surface area contributed by atoms with Gasteiger partial charge in [-0.15, -0.1) is 0 Å². The van der Waals surface area contributed by atoms with Gasteiger partial charge < -0.3 is 4.84 Å². The van der Waals surface area contributed by atoms with Crippen LogP contribution in [0.5, 0.6) is 0 Å². The highest BCUT2D eigenvalue weighted by molar-refractivity contribution is 6.21. The molecule has 8 heteroatoms. The van der Waals surface area contributed by atoms with E-state index in [1.165, 1.54) is 43.0 Å². The number of benzene rings is 2. The number of aromatic nitrogens is 2. The fourth-order valence-corrected chi connectivity index (χ4v) is 2.69. The first-order valence-electron chi connectivity index (χ1n) is 7.81. The van der Waals surface area contributed by atoms with Gasteiger partial charge in [-0.25, -0.2) is 19.2 Å². The molecular weight excluding hydrogens is 353 g/mol. The maximum atomic E-state index is 14.4. The van der Waals surface area contributed by atoms with Crippen molar-refractivity contribution < 1.29 is 23.6 Å². The van der Waals surface area contributed by atoms with E-state index < -0.39 is 29.2 Å². The number of fused-ring (bicyclic) bond motifs is 1. The van der Waals surface area contributed by atoms with Crippen molar-refractivity contribution in [3.05, 3.63) is 83.7 Å². The molecule has 0 atom stereocenters. The lowest BCUT2D eigenvalue weighted by atomic mass is 10.1. The van der Waals surface area contributed by atoms with Crippen molar-refractivity contribution in [1.29, 1.82) is 0 Å². The van der Waals surface area contributed by atoms with Gasteiger partial charge in [0.25, 0.3) is 11.8 Å². The molecule has 0 N–H and O–H groups in total. The fraction of sp³-hybridized carbons (Fsp3) is 0. The summed E-state index contributed by atoms with van der Waals surface area (Å²) >= 11 is 0. The highest BCUT2D eigenvalue weighted by atomic mass is 19.1. The average molecular weight is 363 g/mol. The Labute approximate surface area is 152 Å². The monoisotopic (exact) mass is 363 g/mol. The Kier molecular flexibility index (Phi) is 3.92. The lowest BCUT2D eigenvalue weighted by Crippen LogP contribution is -2.33. The maximum Gasteiger partial charge on any atom is 0.366 e. The van der Waals surface area contributed by atoms with Gasteiger partial charge in [0.1, 0.15) is 12.1 Å². The zero-order valence-corrected chi connectivity index (χ0v) is 13.6. The molecule has 2 amide bonds. The van der Waals surface area contributed by atoms with Crippen LogP contribution in [0.25, 0.3) is 11.1 Å². The van der Waals surface area contributed by atoms with Crippen molar-refractivity contribution in [2.24, 2.45) is 0 Å². The van der Waals surface area contributed by atoms with Crippen LogP contribution >= 0.6 is 0 Å². The number of rotatable bonds is 3. The van der Waals surface area contributed by atoms with Crippen LogP contribution in [0.4, 0.5) is 4.39 Å². The van der Waals surface area contributed by atoms with E-state index in [0.717, 1.165) is 6.07 Å². The van der Waals surface area contributed by atoms with Crippen molar-refractivity contribution >= 4 is 17.8 Å². The number of carbonyl (C=O) groups is 3. The smallest absolute Gasteiger partial charge is 0.324 e. The number of amides is 2. The number of hydrogen-bond donors (Lipinski definition) is 0. The molecule has 0 aliphatic carbocycles. The lowest BCUT2D eigenvalue weighted by molar-refractivity contribution is -0.0587. The first kappa shape index (κ1) is 16.5. The zero-order chi connectivity index (χ0) is 19.0. The number of halogens is 1. The van der Waals surface area contributed by atoms with Gasteiger partial charge in [-0.1, -0.05) is 23.3 Å². The van der Waals surface area contributed by atoms with E-state index >= 15 is 0 Å². The van der Waals surface area contributed by atoms with Crippen LogP contribution in [0.1, 0.15) is 31.1 Å². The molecule has 0 spiro atoms. The second kappa shape index (κ2) is 6.41. The molecule has 7 nitrogen and oxygen atoms in total. The van der Waals surface area contributed by atoms with Crippen molar-refractivity contribution in [3.8, 4) is 11.1 Å². The molecule has 1 aliphatic heterocycles. The van der Waals surface area contributed by atoms with Gasteiger partial charge in [-0.3, -0.25) is 9.59 Å². The van der Waals surface area contributed by atoms with Gasteiger partial charge in [-0.05, 0) is 29.8 Å². The molecule has 4 rings (SSSR count). The summed E-state index contributed by atoms with van der Waals surface area (Å²) in [4.78, 5) is 49.3. The van der Waals surface area contributed by atoms with Crippen LogP contribution < -0.4 is 0 Å². The van der Waals surface area contributed by atoms with Gasteiger partial charge >= 0.3 is 5.97 Å². The predicted octanol–water partition coefficient (Wildman–Crippen LogP) is 2.65. The Hall–Kier alpha value is -3.94. The topological polar surface area (TPSA) is 89.5 Å². The van der Waals surface area contributed by atoms with Crippen molar-refractivity contribution in [2.45, 2.75) is 0 Å². The third-order valence-electron chi connectivity index (χ3n) is 4.01. The predicted molar refractivity (Wildman–Crippen MR) is 89.8 cm³/mol. The van der Waals surface area contributed by atoms with Crippen LogP contribution in [-0.2, 0) is 4.84 Å². The highest BCUT2D eigenvalue weighted by Crippen LogP contribution is 2.25. The lowest BCUT2D eigenvalue weighted by Gasteiger charge is -2.13. The average Bonchev–Trinajstić information content (AvgIpc) is 2.93. The quantitative estimate of drug-likeness (QED) is 0.665. The first-order valence-corrected chi connectivity index (χ1v) is 7.81. The van der Waals surface area contributed by atoms with Crippen molar-refractivity contribution in [1.82, 2.24) is 15.0 Å². The largest absolute Gasteiger partial charge is 0.366 e. The van der Waals surface area contributed by atoms with Crippen LogP contribution in [0, 0.1) is 5.82 Å². The summed E-state index contributed by atoms with van der Waals surface area (Å²) in [6.45, 7) is 0. The summed E-state index contributed by atoms with van der Waals surface area (Å²) in [5.41, 5.74) is 0.861. The standard InChI is InChI=1S/C19H10FN3O4/c20-16-7-11(12-8-21-10-22-9-12)5-6-15(16)19(26)27-23-17(24)13-3-1-2-4-14(13)18(23)25/h1-10H.